The van der Waals surface area contributed by atoms with Gasteiger partial charge in [-0.15, -0.1) is 0 Å². The van der Waals surface area contributed by atoms with Crippen LogP contribution < -0.4 is 10.6 Å². The number of aromatic nitrogens is 7. The Balaban J connectivity index is 1.20. The van der Waals surface area contributed by atoms with Crippen LogP contribution in [-0.2, 0) is 11.8 Å². The molecular formula is C24H25FN10O2. The number of aromatic amines is 1. The number of nitrogens with one attached hydrogen (secondary N) is 3. The van der Waals surface area contributed by atoms with E-state index >= 15 is 4.39 Å². The Labute approximate surface area is 210 Å². The molecule has 2 aliphatic rings. The number of H-pyrrole nitrogens is 1. The van der Waals surface area contributed by atoms with Crippen LogP contribution in [0.2, 0.25) is 0 Å². The number of hydrogen-bond acceptors (Lipinski definition) is 8. The van der Waals surface area contributed by atoms with Gasteiger partial charge in [0.1, 0.15) is 18.3 Å². The minimum absolute atomic E-state index is 0.219. The van der Waals surface area contributed by atoms with Crippen molar-refractivity contribution in [3.8, 4) is 17.3 Å². The Morgan fingerprint density at radius 3 is 2.95 bits per heavy atom. The number of nitriles is 1. The molecule has 3 atom stereocenters. The van der Waals surface area contributed by atoms with E-state index in [1.54, 1.807) is 33.7 Å². The van der Waals surface area contributed by atoms with E-state index in [4.69, 9.17) is 4.74 Å². The van der Waals surface area contributed by atoms with Gasteiger partial charge in [0, 0.05) is 42.7 Å². The minimum atomic E-state index is -1.35. The molecule has 2 aliphatic carbocycles. The van der Waals surface area contributed by atoms with Gasteiger partial charge in [-0.25, -0.2) is 19.2 Å². The fourth-order valence-corrected chi connectivity index (χ4v) is 4.75. The Morgan fingerprint density at radius 2 is 2.22 bits per heavy atom. The third-order valence-electron chi connectivity index (χ3n) is 7.10. The standard InChI is InChI=1S/C24H25FN10O2/c1-24(6-7-24)31-23(36)37-18-4-3-14(20(18)25)16-9-19(33-32-16)30-22-27-11-15(17-5-8-28-34(17)2)21-29-13(10-26)12-35(21)22/h5,8-9,11-12,14,18,20H,3-4,6-7H2,1-2H3,(H,31,36)(H2,27,30,32,33)/t14-,18-,20-/m0/s1. The number of anilines is 2. The first-order chi connectivity index (χ1) is 17.8. The van der Waals surface area contributed by atoms with Crippen LogP contribution in [0, 0.1) is 11.3 Å². The molecule has 0 unspecified atom stereocenters. The molecule has 0 aliphatic heterocycles. The lowest BCUT2D eigenvalue weighted by atomic mass is 10.0. The number of alkyl carbamates (subject to hydrolysis) is 1. The average Bonchev–Trinajstić information content (AvgIpc) is 3.35. The Hall–Kier alpha value is -4.47. The first kappa shape index (κ1) is 23.0. The van der Waals surface area contributed by atoms with Gasteiger partial charge in [-0.3, -0.25) is 14.2 Å². The highest BCUT2D eigenvalue weighted by atomic mass is 19.1. The molecule has 0 saturated heterocycles. The van der Waals surface area contributed by atoms with Gasteiger partial charge >= 0.3 is 6.09 Å². The molecule has 2 fully saturated rings. The number of ether oxygens (including phenoxy) is 1. The van der Waals surface area contributed by atoms with Crippen LogP contribution in [0.1, 0.15) is 49.9 Å². The summed E-state index contributed by atoms with van der Waals surface area (Å²) < 4.78 is 24.0. The summed E-state index contributed by atoms with van der Waals surface area (Å²) in [6, 6.07) is 5.62. The minimum Gasteiger partial charge on any atom is -0.443 e. The SMILES string of the molecule is Cn1nccc1-c1cnc(Nc2cc([C@@H]3CC[C@H](OC(=O)NC4(C)CC4)[C@H]3F)[nH]n2)n2cc(C#N)nc12. The number of carbonyl (C=O) groups excluding carboxylic acids is 1. The van der Waals surface area contributed by atoms with Crippen LogP contribution in [0.3, 0.4) is 0 Å². The predicted octanol–water partition coefficient (Wildman–Crippen LogP) is 3.33. The quantitative estimate of drug-likeness (QED) is 0.362. The highest BCUT2D eigenvalue weighted by Crippen LogP contribution is 2.39. The van der Waals surface area contributed by atoms with Crippen LogP contribution in [0.5, 0.6) is 0 Å². The zero-order valence-electron chi connectivity index (χ0n) is 20.3. The molecule has 4 aromatic heterocycles. The van der Waals surface area contributed by atoms with Crippen LogP contribution >= 0.6 is 0 Å². The lowest BCUT2D eigenvalue weighted by molar-refractivity contribution is 0.0546. The maximum atomic E-state index is 15.2. The van der Waals surface area contributed by atoms with Crippen LogP contribution in [0.15, 0.2) is 30.7 Å². The van der Waals surface area contributed by atoms with Gasteiger partial charge < -0.3 is 15.4 Å². The van der Waals surface area contributed by atoms with Crippen molar-refractivity contribution < 1.29 is 13.9 Å². The van der Waals surface area contributed by atoms with Gasteiger partial charge in [0.25, 0.3) is 0 Å². The fourth-order valence-electron chi connectivity index (χ4n) is 4.75. The molecule has 190 valence electrons. The maximum absolute atomic E-state index is 15.2. The zero-order chi connectivity index (χ0) is 25.7. The van der Waals surface area contributed by atoms with Crippen molar-refractivity contribution in [1.29, 1.82) is 5.26 Å². The number of fused-ring (bicyclic) bond motifs is 1. The Morgan fingerprint density at radius 1 is 1.38 bits per heavy atom. The largest absolute Gasteiger partial charge is 0.443 e. The van der Waals surface area contributed by atoms with E-state index in [0.29, 0.717) is 41.5 Å². The third kappa shape index (κ3) is 4.24. The second-order valence-electron chi connectivity index (χ2n) is 9.86. The van der Waals surface area contributed by atoms with Crippen molar-refractivity contribution in [2.75, 3.05) is 5.32 Å². The number of halogens is 1. The Kier molecular flexibility index (Phi) is 5.32. The molecule has 6 rings (SSSR count). The van der Waals surface area contributed by atoms with Gasteiger partial charge in [0.05, 0.1) is 17.5 Å². The summed E-state index contributed by atoms with van der Waals surface area (Å²) in [5.41, 5.74) is 2.66. The lowest BCUT2D eigenvalue weighted by Gasteiger charge is -2.19. The topological polar surface area (TPSA) is 151 Å². The second kappa shape index (κ2) is 8.58. The maximum Gasteiger partial charge on any atom is 0.407 e. The van der Waals surface area contributed by atoms with E-state index in [2.05, 4.69) is 42.0 Å². The van der Waals surface area contributed by atoms with E-state index in [1.165, 1.54) is 0 Å². The number of carbonyl (C=O) groups is 1. The summed E-state index contributed by atoms with van der Waals surface area (Å²) in [7, 11) is 1.81. The summed E-state index contributed by atoms with van der Waals surface area (Å²) in [5.74, 6) is 0.346. The van der Waals surface area contributed by atoms with Crippen molar-refractivity contribution in [2.24, 2.45) is 7.05 Å². The molecule has 0 radical (unpaired) electrons. The van der Waals surface area contributed by atoms with Gasteiger partial charge in [-0.05, 0) is 38.7 Å². The van der Waals surface area contributed by atoms with E-state index in [9.17, 15) is 10.1 Å². The summed E-state index contributed by atoms with van der Waals surface area (Å²) >= 11 is 0. The molecule has 3 N–H and O–H groups in total. The Bertz CT molecular complexity index is 1530. The number of nitrogens with zero attached hydrogens (tertiary/aromatic N) is 7. The fraction of sp³-hybridized carbons (Fsp3) is 0.417. The normalized spacial score (nSPS) is 22.1. The van der Waals surface area contributed by atoms with Gasteiger partial charge in [0.15, 0.2) is 17.2 Å². The van der Waals surface area contributed by atoms with Crippen molar-refractivity contribution in [3.05, 3.63) is 42.1 Å². The molecule has 0 bridgehead atoms. The number of hydrogen-bond donors (Lipinski definition) is 3. The van der Waals surface area contributed by atoms with Gasteiger partial charge in [0.2, 0.25) is 5.95 Å². The van der Waals surface area contributed by atoms with Crippen LogP contribution in [-0.4, -0.2) is 58.3 Å². The third-order valence-corrected chi connectivity index (χ3v) is 7.10. The number of amides is 1. The van der Waals surface area contributed by atoms with Crippen molar-refractivity contribution in [2.45, 2.75) is 56.3 Å². The van der Waals surface area contributed by atoms with Crippen molar-refractivity contribution in [3.63, 3.8) is 0 Å². The molecule has 1 amide bonds. The summed E-state index contributed by atoms with van der Waals surface area (Å²) in [5, 5.41) is 26.7. The van der Waals surface area contributed by atoms with E-state index in [-0.39, 0.29) is 11.2 Å². The summed E-state index contributed by atoms with van der Waals surface area (Å²) in [6.45, 7) is 1.94. The van der Waals surface area contributed by atoms with Crippen LogP contribution in [0.4, 0.5) is 21.0 Å². The average molecular weight is 505 g/mol. The monoisotopic (exact) mass is 504 g/mol. The van der Waals surface area contributed by atoms with Crippen LogP contribution in [0.25, 0.3) is 16.9 Å². The first-order valence-electron chi connectivity index (χ1n) is 12.1. The van der Waals surface area contributed by atoms with E-state index in [0.717, 1.165) is 18.5 Å². The lowest BCUT2D eigenvalue weighted by Crippen LogP contribution is -2.38. The molecular weight excluding hydrogens is 479 g/mol. The second-order valence-corrected chi connectivity index (χ2v) is 9.86. The van der Waals surface area contributed by atoms with Gasteiger partial charge in [-0.1, -0.05) is 0 Å². The number of rotatable bonds is 6. The molecule has 0 spiro atoms. The molecule has 4 heterocycles. The highest BCUT2D eigenvalue weighted by Gasteiger charge is 2.43. The molecule has 2 saturated carbocycles. The first-order valence-corrected chi connectivity index (χ1v) is 12.1. The van der Waals surface area contributed by atoms with Crippen molar-refractivity contribution >= 4 is 23.5 Å². The van der Waals surface area contributed by atoms with Crippen molar-refractivity contribution in [1.82, 2.24) is 39.7 Å². The molecule has 12 nitrogen and oxygen atoms in total. The number of imidazole rings is 1. The van der Waals surface area contributed by atoms with E-state index < -0.39 is 24.3 Å². The number of alkyl halides is 1. The zero-order valence-corrected chi connectivity index (χ0v) is 20.3. The van der Waals surface area contributed by atoms with E-state index in [1.807, 2.05) is 20.0 Å². The molecule has 4 aromatic rings. The molecule has 0 aromatic carbocycles. The molecule has 37 heavy (non-hydrogen) atoms. The summed E-state index contributed by atoms with van der Waals surface area (Å²) in [6.07, 6.45) is 4.96. The summed E-state index contributed by atoms with van der Waals surface area (Å²) in [4.78, 5) is 21.1. The predicted molar refractivity (Wildman–Crippen MR) is 130 cm³/mol. The molecule has 13 heteroatoms. The highest BCUT2D eigenvalue weighted by molar-refractivity contribution is 5.77. The van der Waals surface area contributed by atoms with Gasteiger partial charge in [-0.2, -0.15) is 15.5 Å². The smallest absolute Gasteiger partial charge is 0.407 e. The number of aryl methyl sites for hydroxylation is 1.